The molecule has 10 heteroatoms. The van der Waals surface area contributed by atoms with Crippen LogP contribution in [-0.2, 0) is 0 Å². The molecule has 0 saturated heterocycles. The van der Waals surface area contributed by atoms with Crippen LogP contribution in [0.2, 0.25) is 0 Å². The molecule has 5 aromatic carbocycles. The lowest BCUT2D eigenvalue weighted by molar-refractivity contribution is 0.766. The summed E-state index contributed by atoms with van der Waals surface area (Å²) in [5, 5.41) is 0. The molecule has 0 fully saturated rings. The number of hydrogen-bond donors (Lipinski definition) is 0. The van der Waals surface area contributed by atoms with E-state index in [1.54, 1.807) is 12.4 Å². The second kappa shape index (κ2) is 16.6. The minimum atomic E-state index is 0.0799. The highest BCUT2D eigenvalue weighted by Crippen LogP contribution is 2.34. The molecule has 0 spiro atoms. The fraction of sp³-hybridized carbons (Fsp3) is 0.120. The van der Waals surface area contributed by atoms with Crippen LogP contribution in [0.25, 0.3) is 90.8 Å². The average Bonchev–Trinajstić information content (AvgIpc) is 3.32. The average molecular weight is 781 g/mol. The molecule has 0 unspecified atom stereocenters. The zero-order valence-corrected chi connectivity index (χ0v) is 33.6. The molecule has 0 N–H and O–H groups in total. The van der Waals surface area contributed by atoms with Gasteiger partial charge in [0.1, 0.15) is 11.6 Å². The van der Waals surface area contributed by atoms with Crippen molar-refractivity contribution in [2.75, 3.05) is 0 Å². The molecular formula is C50H40N10. The topological polar surface area (TPSA) is 129 Å². The highest BCUT2D eigenvalue weighted by Gasteiger charge is 2.19. The first-order valence-electron chi connectivity index (χ1n) is 20.0. The summed E-state index contributed by atoms with van der Waals surface area (Å²) in [6, 6.07) is 48.2. The summed E-state index contributed by atoms with van der Waals surface area (Å²) in [6.45, 7) is 8.35. The number of aromatic nitrogens is 10. The van der Waals surface area contributed by atoms with E-state index in [1.165, 1.54) is 0 Å². The molecule has 4 heterocycles. The van der Waals surface area contributed by atoms with Crippen molar-refractivity contribution in [3.8, 4) is 90.8 Å². The Morgan fingerprint density at radius 3 is 0.900 bits per heavy atom. The Morgan fingerprint density at radius 1 is 0.267 bits per heavy atom. The van der Waals surface area contributed by atoms with Crippen molar-refractivity contribution < 1.29 is 0 Å². The molecule has 10 nitrogen and oxygen atoms in total. The molecule has 0 amide bonds. The third-order valence-corrected chi connectivity index (χ3v) is 9.93. The van der Waals surface area contributed by atoms with Crippen molar-refractivity contribution >= 4 is 0 Å². The summed E-state index contributed by atoms with van der Waals surface area (Å²) in [6.07, 6.45) is 3.58. The molecule has 9 aromatic rings. The van der Waals surface area contributed by atoms with E-state index >= 15 is 0 Å². The van der Waals surface area contributed by atoms with Crippen LogP contribution in [0.5, 0.6) is 0 Å². The number of pyridine rings is 1. The largest absolute Gasteiger partial charge is 0.265 e. The third kappa shape index (κ3) is 8.17. The zero-order chi connectivity index (χ0) is 41.0. The van der Waals surface area contributed by atoms with Gasteiger partial charge in [-0.2, -0.15) is 0 Å². The maximum Gasteiger partial charge on any atom is 0.164 e. The SMILES string of the molecule is CC(C)c1nc(-c2ccccc2)nc(-c2ccc(-c3nc(-c4ccccc4)nc(-c4cc(-c5ccncc5)cc(-c5nc(-c6ccccc6)nc(C(C)C)n5)c4)n3)cc2)n1. The molecular weight excluding hydrogens is 741 g/mol. The highest BCUT2D eigenvalue weighted by molar-refractivity contribution is 5.79. The summed E-state index contributed by atoms with van der Waals surface area (Å²) < 4.78 is 0. The van der Waals surface area contributed by atoms with Gasteiger partial charge in [0.2, 0.25) is 0 Å². The Bertz CT molecular complexity index is 2910. The van der Waals surface area contributed by atoms with E-state index in [9.17, 15) is 0 Å². The van der Waals surface area contributed by atoms with Crippen LogP contribution in [0.15, 0.2) is 158 Å². The monoisotopic (exact) mass is 780 g/mol. The van der Waals surface area contributed by atoms with Crippen molar-refractivity contribution in [1.82, 2.24) is 49.8 Å². The summed E-state index contributed by atoms with van der Waals surface area (Å²) in [5.41, 5.74) is 7.92. The van der Waals surface area contributed by atoms with E-state index in [2.05, 4.69) is 44.8 Å². The second-order valence-corrected chi connectivity index (χ2v) is 15.0. The standard InChI is InChI=1S/C50H40N10/c1-31(2)42-52-44(34-14-8-5-9-15-34)56-47(54-42)37-20-22-38(23-21-37)48-57-46(36-18-12-7-13-19-36)59-50(60-48)41-29-39(33-24-26-51-27-25-33)28-40(30-41)49-55-43(32(3)4)53-45(58-49)35-16-10-6-11-17-35/h5-32H,1-4H3. The maximum absolute atomic E-state index is 5.14. The van der Waals surface area contributed by atoms with Crippen LogP contribution < -0.4 is 0 Å². The fourth-order valence-corrected chi connectivity index (χ4v) is 6.71. The minimum Gasteiger partial charge on any atom is -0.265 e. The third-order valence-electron chi connectivity index (χ3n) is 9.93. The highest BCUT2D eigenvalue weighted by atomic mass is 15.1. The summed E-state index contributed by atoms with van der Waals surface area (Å²) in [4.78, 5) is 49.0. The number of hydrogen-bond acceptors (Lipinski definition) is 10. The second-order valence-electron chi connectivity index (χ2n) is 15.0. The normalized spacial score (nSPS) is 11.3. The number of benzene rings is 5. The van der Waals surface area contributed by atoms with Gasteiger partial charge in [-0.25, -0.2) is 44.9 Å². The quantitative estimate of drug-likeness (QED) is 0.132. The van der Waals surface area contributed by atoms with Gasteiger partial charge in [0.15, 0.2) is 40.8 Å². The van der Waals surface area contributed by atoms with Gasteiger partial charge in [-0.3, -0.25) is 4.98 Å². The molecule has 0 atom stereocenters. The summed E-state index contributed by atoms with van der Waals surface area (Å²) in [5.74, 6) is 5.66. The molecule has 4 aromatic heterocycles. The molecule has 0 aliphatic carbocycles. The first kappa shape index (κ1) is 37.8. The van der Waals surface area contributed by atoms with Crippen LogP contribution in [0.3, 0.4) is 0 Å². The predicted molar refractivity (Wildman–Crippen MR) is 236 cm³/mol. The predicted octanol–water partition coefficient (Wildman–Crippen LogP) is 11.2. The van der Waals surface area contributed by atoms with Crippen LogP contribution in [0.1, 0.15) is 51.2 Å². The van der Waals surface area contributed by atoms with Gasteiger partial charge in [0.25, 0.3) is 0 Å². The van der Waals surface area contributed by atoms with Crippen LogP contribution in [-0.4, -0.2) is 49.8 Å². The summed E-state index contributed by atoms with van der Waals surface area (Å²) in [7, 11) is 0. The van der Waals surface area contributed by atoms with Crippen molar-refractivity contribution in [2.24, 2.45) is 0 Å². The first-order chi connectivity index (χ1) is 29.3. The van der Waals surface area contributed by atoms with Crippen LogP contribution in [0, 0.1) is 0 Å². The molecule has 0 aliphatic rings. The molecule has 290 valence electrons. The van der Waals surface area contributed by atoms with E-state index in [0.29, 0.717) is 46.6 Å². The van der Waals surface area contributed by atoms with Gasteiger partial charge in [-0.1, -0.05) is 143 Å². The van der Waals surface area contributed by atoms with Gasteiger partial charge in [-0.15, -0.1) is 0 Å². The van der Waals surface area contributed by atoms with E-state index < -0.39 is 0 Å². The van der Waals surface area contributed by atoms with E-state index in [0.717, 1.165) is 55.9 Å². The lowest BCUT2D eigenvalue weighted by atomic mass is 9.99. The minimum absolute atomic E-state index is 0.0799. The number of rotatable bonds is 10. The Morgan fingerprint density at radius 2 is 0.550 bits per heavy atom. The molecule has 0 radical (unpaired) electrons. The van der Waals surface area contributed by atoms with E-state index in [1.807, 2.05) is 133 Å². The van der Waals surface area contributed by atoms with E-state index in [4.69, 9.17) is 44.9 Å². The van der Waals surface area contributed by atoms with Gasteiger partial charge in [0, 0.05) is 63.2 Å². The molecule has 60 heavy (non-hydrogen) atoms. The van der Waals surface area contributed by atoms with E-state index in [-0.39, 0.29) is 11.8 Å². The van der Waals surface area contributed by atoms with Crippen molar-refractivity contribution in [3.05, 3.63) is 170 Å². The summed E-state index contributed by atoms with van der Waals surface area (Å²) >= 11 is 0. The van der Waals surface area contributed by atoms with Crippen molar-refractivity contribution in [3.63, 3.8) is 0 Å². The first-order valence-corrected chi connectivity index (χ1v) is 20.0. The molecule has 0 bridgehead atoms. The lowest BCUT2D eigenvalue weighted by Crippen LogP contribution is -2.05. The smallest absolute Gasteiger partial charge is 0.164 e. The van der Waals surface area contributed by atoms with Crippen molar-refractivity contribution in [1.29, 1.82) is 0 Å². The lowest BCUT2D eigenvalue weighted by Gasteiger charge is -2.13. The van der Waals surface area contributed by atoms with Crippen molar-refractivity contribution in [2.45, 2.75) is 39.5 Å². The molecule has 0 aliphatic heterocycles. The Kier molecular flexibility index (Phi) is 10.5. The Balaban J connectivity index is 1.18. The van der Waals surface area contributed by atoms with Gasteiger partial charge in [-0.05, 0) is 41.5 Å². The number of nitrogens with zero attached hydrogens (tertiary/aromatic N) is 10. The van der Waals surface area contributed by atoms with Gasteiger partial charge in [0.05, 0.1) is 0 Å². The maximum atomic E-state index is 5.14. The van der Waals surface area contributed by atoms with Crippen LogP contribution in [0.4, 0.5) is 0 Å². The fourth-order valence-electron chi connectivity index (χ4n) is 6.71. The van der Waals surface area contributed by atoms with Crippen LogP contribution >= 0.6 is 0 Å². The molecule has 0 saturated carbocycles. The Hall–Kier alpha value is -7.72. The Labute approximate surface area is 348 Å². The molecule has 9 rings (SSSR count). The zero-order valence-electron chi connectivity index (χ0n) is 33.6. The van der Waals surface area contributed by atoms with Gasteiger partial charge >= 0.3 is 0 Å². The van der Waals surface area contributed by atoms with Gasteiger partial charge < -0.3 is 0 Å².